The van der Waals surface area contributed by atoms with Crippen LogP contribution in [0.2, 0.25) is 5.15 Å². The van der Waals surface area contributed by atoms with E-state index in [0.717, 1.165) is 31.7 Å². The fourth-order valence-electron chi connectivity index (χ4n) is 2.06. The van der Waals surface area contributed by atoms with Gasteiger partial charge in [0.2, 0.25) is 5.91 Å². The van der Waals surface area contributed by atoms with Crippen LogP contribution in [0.4, 0.5) is 11.5 Å². The van der Waals surface area contributed by atoms with Crippen LogP contribution < -0.4 is 16.4 Å². The van der Waals surface area contributed by atoms with Gasteiger partial charge < -0.3 is 16.4 Å². The number of nitrogens with two attached hydrogens (primary N) is 2. The second-order valence-electron chi connectivity index (χ2n) is 4.25. The van der Waals surface area contributed by atoms with Crippen molar-refractivity contribution in [3.05, 3.63) is 17.3 Å². The Hall–Kier alpha value is -1.49. The molecule has 0 aliphatic carbocycles. The molecule has 1 aromatic heterocycles. The van der Waals surface area contributed by atoms with E-state index < -0.39 is 0 Å². The maximum absolute atomic E-state index is 11.1. The van der Waals surface area contributed by atoms with Gasteiger partial charge >= 0.3 is 0 Å². The number of nitrogen functional groups attached to an aromatic ring is 1. The van der Waals surface area contributed by atoms with E-state index in [0.29, 0.717) is 10.8 Å². The lowest BCUT2D eigenvalue weighted by atomic mass is 9.96. The Kier molecular flexibility index (Phi) is 3.38. The number of anilines is 2. The number of hydrogen-bond donors (Lipinski definition) is 2. The number of piperidine rings is 1. The lowest BCUT2D eigenvalue weighted by molar-refractivity contribution is -0.122. The maximum Gasteiger partial charge on any atom is 0.220 e. The van der Waals surface area contributed by atoms with Crippen molar-refractivity contribution in [2.75, 3.05) is 23.7 Å². The van der Waals surface area contributed by atoms with E-state index in [1.807, 2.05) is 0 Å². The summed E-state index contributed by atoms with van der Waals surface area (Å²) in [6, 6.07) is 3.40. The summed E-state index contributed by atoms with van der Waals surface area (Å²) in [5.41, 5.74) is 11.6. The molecule has 92 valence electrons. The number of hydrogen-bond acceptors (Lipinski definition) is 4. The van der Waals surface area contributed by atoms with Crippen LogP contribution in [0.15, 0.2) is 12.1 Å². The van der Waals surface area contributed by atoms with Crippen LogP contribution in [0.5, 0.6) is 0 Å². The second-order valence-corrected chi connectivity index (χ2v) is 4.63. The summed E-state index contributed by atoms with van der Waals surface area (Å²) in [7, 11) is 0. The number of rotatable bonds is 2. The van der Waals surface area contributed by atoms with E-state index in [1.54, 1.807) is 12.1 Å². The summed E-state index contributed by atoms with van der Waals surface area (Å²) >= 11 is 5.86. The number of amides is 1. The van der Waals surface area contributed by atoms with Gasteiger partial charge in [-0.3, -0.25) is 4.79 Å². The van der Waals surface area contributed by atoms with Crippen LogP contribution >= 0.6 is 11.6 Å². The van der Waals surface area contributed by atoms with E-state index in [4.69, 9.17) is 23.1 Å². The van der Waals surface area contributed by atoms with Crippen molar-refractivity contribution in [1.82, 2.24) is 4.98 Å². The predicted octanol–water partition coefficient (Wildman–Crippen LogP) is 1.02. The molecule has 2 rings (SSSR count). The zero-order valence-corrected chi connectivity index (χ0v) is 10.2. The Morgan fingerprint density at radius 1 is 1.41 bits per heavy atom. The minimum atomic E-state index is -0.219. The molecule has 0 unspecified atom stereocenters. The monoisotopic (exact) mass is 254 g/mol. The van der Waals surface area contributed by atoms with Crippen molar-refractivity contribution in [3.8, 4) is 0 Å². The average Bonchev–Trinajstić information content (AvgIpc) is 2.28. The third kappa shape index (κ3) is 2.79. The maximum atomic E-state index is 11.1. The number of carbonyl (C=O) groups is 1. The van der Waals surface area contributed by atoms with E-state index in [9.17, 15) is 4.79 Å². The molecule has 0 atom stereocenters. The number of pyridine rings is 1. The Bertz CT molecular complexity index is 409. The third-order valence-corrected chi connectivity index (χ3v) is 3.22. The fourth-order valence-corrected chi connectivity index (χ4v) is 2.27. The van der Waals surface area contributed by atoms with Gasteiger partial charge in [-0.2, -0.15) is 0 Å². The fraction of sp³-hybridized carbons (Fsp3) is 0.455. The van der Waals surface area contributed by atoms with Gasteiger partial charge in [-0.25, -0.2) is 4.98 Å². The first-order valence-corrected chi connectivity index (χ1v) is 5.91. The zero-order chi connectivity index (χ0) is 12.4. The molecule has 4 N–H and O–H groups in total. The van der Waals surface area contributed by atoms with Gasteiger partial charge in [0.25, 0.3) is 0 Å². The minimum absolute atomic E-state index is 0.0252. The van der Waals surface area contributed by atoms with E-state index in [-0.39, 0.29) is 11.8 Å². The van der Waals surface area contributed by atoms with Crippen LogP contribution in [0.3, 0.4) is 0 Å². The van der Waals surface area contributed by atoms with Crippen LogP contribution in [-0.4, -0.2) is 24.0 Å². The average molecular weight is 255 g/mol. The first kappa shape index (κ1) is 12.0. The molecule has 0 aromatic carbocycles. The Balaban J connectivity index is 2.07. The lowest BCUT2D eigenvalue weighted by Crippen LogP contribution is -2.38. The molecule has 5 nitrogen and oxygen atoms in total. The highest BCUT2D eigenvalue weighted by molar-refractivity contribution is 6.29. The van der Waals surface area contributed by atoms with Gasteiger partial charge in [0.1, 0.15) is 11.0 Å². The largest absolute Gasteiger partial charge is 0.399 e. The molecule has 2 heterocycles. The molecular weight excluding hydrogens is 240 g/mol. The summed E-state index contributed by atoms with van der Waals surface area (Å²) in [6.45, 7) is 1.50. The van der Waals surface area contributed by atoms with Gasteiger partial charge in [0.15, 0.2) is 0 Å². The van der Waals surface area contributed by atoms with Crippen molar-refractivity contribution in [1.29, 1.82) is 0 Å². The molecular formula is C11H15ClN4O. The molecule has 0 radical (unpaired) electrons. The number of primary amides is 1. The van der Waals surface area contributed by atoms with Crippen LogP contribution in [-0.2, 0) is 4.79 Å². The number of halogens is 1. The van der Waals surface area contributed by atoms with Crippen LogP contribution in [0, 0.1) is 5.92 Å². The smallest absolute Gasteiger partial charge is 0.220 e. The summed E-state index contributed by atoms with van der Waals surface area (Å²) in [4.78, 5) is 17.3. The summed E-state index contributed by atoms with van der Waals surface area (Å²) in [6.07, 6.45) is 1.51. The summed E-state index contributed by atoms with van der Waals surface area (Å²) < 4.78 is 0. The first-order valence-electron chi connectivity index (χ1n) is 5.53. The summed E-state index contributed by atoms with van der Waals surface area (Å²) in [5.74, 6) is 0.518. The highest BCUT2D eigenvalue weighted by Gasteiger charge is 2.23. The van der Waals surface area contributed by atoms with Crippen molar-refractivity contribution in [3.63, 3.8) is 0 Å². The molecule has 1 aromatic rings. The minimum Gasteiger partial charge on any atom is -0.399 e. The van der Waals surface area contributed by atoms with Crippen LogP contribution in [0.1, 0.15) is 12.8 Å². The zero-order valence-electron chi connectivity index (χ0n) is 9.40. The first-order chi connectivity index (χ1) is 8.06. The highest BCUT2D eigenvalue weighted by atomic mass is 35.5. The Morgan fingerprint density at radius 2 is 2.06 bits per heavy atom. The standard InChI is InChI=1S/C11H15ClN4O/c12-9-5-8(13)6-10(15-9)16-3-1-7(2-4-16)11(14)17/h5-7H,1-4H2,(H2,13,15)(H2,14,17). The van der Waals surface area contributed by atoms with Crippen molar-refractivity contribution >= 4 is 29.0 Å². The van der Waals surface area contributed by atoms with Crippen molar-refractivity contribution in [2.45, 2.75) is 12.8 Å². The topological polar surface area (TPSA) is 85.2 Å². The molecule has 1 saturated heterocycles. The molecule has 0 saturated carbocycles. The normalized spacial score (nSPS) is 17.1. The number of carbonyl (C=O) groups excluding carboxylic acids is 1. The molecule has 1 aliphatic heterocycles. The molecule has 0 bridgehead atoms. The van der Waals surface area contributed by atoms with Crippen molar-refractivity contribution in [2.24, 2.45) is 11.7 Å². The van der Waals surface area contributed by atoms with Crippen LogP contribution in [0.25, 0.3) is 0 Å². The van der Waals surface area contributed by atoms with Gasteiger partial charge in [-0.15, -0.1) is 0 Å². The lowest BCUT2D eigenvalue weighted by Gasteiger charge is -2.31. The predicted molar refractivity (Wildman–Crippen MR) is 67.8 cm³/mol. The highest BCUT2D eigenvalue weighted by Crippen LogP contribution is 2.24. The quantitative estimate of drug-likeness (QED) is 0.772. The SMILES string of the molecule is NC(=O)C1CCN(c2cc(N)cc(Cl)n2)CC1. The second kappa shape index (κ2) is 4.79. The molecule has 6 heteroatoms. The van der Waals surface area contributed by atoms with Crippen molar-refractivity contribution < 1.29 is 4.79 Å². The van der Waals surface area contributed by atoms with Gasteiger partial charge in [-0.05, 0) is 18.9 Å². The third-order valence-electron chi connectivity index (χ3n) is 3.02. The number of nitrogens with zero attached hydrogens (tertiary/aromatic N) is 2. The Morgan fingerprint density at radius 3 is 2.59 bits per heavy atom. The van der Waals surface area contributed by atoms with Gasteiger partial charge in [0, 0.05) is 30.8 Å². The van der Waals surface area contributed by atoms with E-state index in [2.05, 4.69) is 9.88 Å². The van der Waals surface area contributed by atoms with Gasteiger partial charge in [-0.1, -0.05) is 11.6 Å². The molecule has 1 amide bonds. The molecule has 17 heavy (non-hydrogen) atoms. The molecule has 1 aliphatic rings. The summed E-state index contributed by atoms with van der Waals surface area (Å²) in [5, 5.41) is 0.386. The van der Waals surface area contributed by atoms with E-state index >= 15 is 0 Å². The molecule has 1 fully saturated rings. The molecule has 0 spiro atoms. The Labute approximate surface area is 105 Å². The number of aromatic nitrogens is 1. The van der Waals surface area contributed by atoms with Gasteiger partial charge in [0.05, 0.1) is 0 Å². The van der Waals surface area contributed by atoms with E-state index in [1.165, 1.54) is 0 Å².